The maximum absolute atomic E-state index is 12.5. The van der Waals surface area contributed by atoms with Gasteiger partial charge in [0, 0.05) is 0 Å². The molecule has 0 amide bonds. The molecule has 2 rings (SSSR count). The number of hydrogen-bond acceptors (Lipinski definition) is 3. The van der Waals surface area contributed by atoms with E-state index in [0.29, 0.717) is 12.0 Å². The monoisotopic (exact) mass is 296 g/mol. The number of carbonyl (C=O) groups is 1. The summed E-state index contributed by atoms with van der Waals surface area (Å²) >= 11 is 0. The fourth-order valence-corrected chi connectivity index (χ4v) is 2.56. The number of carbonyl (C=O) groups excluding carboxylic acids is 1. The summed E-state index contributed by atoms with van der Waals surface area (Å²) in [6.45, 7) is 5.67. The molecular weight excluding hydrogens is 276 g/mol. The fraction of sp³-hybridized carbons (Fsp3) is 0.211. The van der Waals surface area contributed by atoms with Crippen LogP contribution < -0.4 is 0 Å². The Labute approximate surface area is 130 Å². The topological polar surface area (TPSA) is 57.5 Å². The van der Waals surface area contributed by atoms with Crippen LogP contribution in [0.1, 0.15) is 40.4 Å². The van der Waals surface area contributed by atoms with Gasteiger partial charge in [0.15, 0.2) is 5.78 Å². The van der Waals surface area contributed by atoms with Crippen molar-refractivity contribution in [2.45, 2.75) is 27.2 Å². The third-order valence-electron chi connectivity index (χ3n) is 3.63. The van der Waals surface area contributed by atoms with E-state index in [1.54, 1.807) is 36.4 Å². The van der Waals surface area contributed by atoms with Crippen molar-refractivity contribution < 1.29 is 15.0 Å². The summed E-state index contributed by atoms with van der Waals surface area (Å²) in [4.78, 5) is 12.5. The SMILES string of the molecule is CC/C(=C\C(=O)c1c(C)cc(C)cc1O)c1ccc(O)cc1. The molecule has 0 bridgehead atoms. The number of aryl methyl sites for hydroxylation is 2. The number of aromatic hydroxyl groups is 2. The van der Waals surface area contributed by atoms with Gasteiger partial charge in [0.25, 0.3) is 0 Å². The number of phenols is 2. The molecule has 22 heavy (non-hydrogen) atoms. The van der Waals surface area contributed by atoms with E-state index in [0.717, 1.165) is 22.3 Å². The summed E-state index contributed by atoms with van der Waals surface area (Å²) < 4.78 is 0. The van der Waals surface area contributed by atoms with E-state index < -0.39 is 0 Å². The Morgan fingerprint density at radius 3 is 2.27 bits per heavy atom. The number of allylic oxidation sites excluding steroid dienone is 2. The summed E-state index contributed by atoms with van der Waals surface area (Å²) in [6.07, 6.45) is 2.24. The minimum atomic E-state index is -0.208. The Balaban J connectivity index is 2.42. The molecule has 0 aromatic heterocycles. The average Bonchev–Trinajstić information content (AvgIpc) is 2.44. The third kappa shape index (κ3) is 3.37. The molecule has 0 radical (unpaired) electrons. The van der Waals surface area contributed by atoms with Gasteiger partial charge in [0.1, 0.15) is 11.5 Å². The Bertz CT molecular complexity index is 702. The molecule has 0 heterocycles. The van der Waals surface area contributed by atoms with Crippen LogP contribution in [-0.4, -0.2) is 16.0 Å². The van der Waals surface area contributed by atoms with Crippen molar-refractivity contribution in [3.05, 3.63) is 64.7 Å². The number of benzene rings is 2. The Morgan fingerprint density at radius 1 is 1.09 bits per heavy atom. The van der Waals surface area contributed by atoms with Crippen molar-refractivity contribution in [1.82, 2.24) is 0 Å². The summed E-state index contributed by atoms with van der Waals surface area (Å²) in [6, 6.07) is 10.2. The first-order chi connectivity index (χ1) is 10.4. The molecule has 2 N–H and O–H groups in total. The maximum Gasteiger partial charge on any atom is 0.190 e. The normalized spacial score (nSPS) is 11.5. The largest absolute Gasteiger partial charge is 0.508 e. The van der Waals surface area contributed by atoms with Crippen LogP contribution >= 0.6 is 0 Å². The zero-order valence-electron chi connectivity index (χ0n) is 13.1. The summed E-state index contributed by atoms with van der Waals surface area (Å²) in [5.41, 5.74) is 3.78. The maximum atomic E-state index is 12.5. The molecule has 114 valence electrons. The van der Waals surface area contributed by atoms with Crippen molar-refractivity contribution >= 4 is 11.4 Å². The average molecular weight is 296 g/mol. The van der Waals surface area contributed by atoms with Crippen molar-refractivity contribution in [3.8, 4) is 11.5 Å². The standard InChI is InChI=1S/C19H20O3/c1-4-14(15-5-7-16(20)8-6-15)11-18(22)19-13(3)9-12(2)10-17(19)21/h5-11,20-21H,4H2,1-3H3/b14-11+. The number of hydrogen-bond donors (Lipinski definition) is 2. The Morgan fingerprint density at radius 2 is 1.73 bits per heavy atom. The molecular formula is C19H20O3. The molecule has 3 heteroatoms. The molecule has 3 nitrogen and oxygen atoms in total. The van der Waals surface area contributed by atoms with Gasteiger partial charge in [-0.1, -0.05) is 25.1 Å². The predicted molar refractivity (Wildman–Crippen MR) is 88.3 cm³/mol. The van der Waals surface area contributed by atoms with E-state index in [-0.39, 0.29) is 17.3 Å². The lowest BCUT2D eigenvalue weighted by molar-refractivity contribution is 0.104. The van der Waals surface area contributed by atoms with Crippen molar-refractivity contribution in [3.63, 3.8) is 0 Å². The van der Waals surface area contributed by atoms with E-state index in [1.165, 1.54) is 0 Å². The molecule has 0 aliphatic carbocycles. The highest BCUT2D eigenvalue weighted by atomic mass is 16.3. The quantitative estimate of drug-likeness (QED) is 0.650. The molecule has 0 fully saturated rings. The third-order valence-corrected chi connectivity index (χ3v) is 3.63. The molecule has 2 aromatic carbocycles. The number of ketones is 1. The second kappa shape index (κ2) is 6.48. The fourth-order valence-electron chi connectivity index (χ4n) is 2.56. The van der Waals surface area contributed by atoms with E-state index >= 15 is 0 Å². The van der Waals surface area contributed by atoms with Gasteiger partial charge in [0.2, 0.25) is 0 Å². The van der Waals surface area contributed by atoms with Gasteiger partial charge in [-0.2, -0.15) is 0 Å². The molecule has 0 saturated carbocycles. The van der Waals surface area contributed by atoms with Crippen molar-refractivity contribution in [2.75, 3.05) is 0 Å². The van der Waals surface area contributed by atoms with Gasteiger partial charge in [-0.05, 0) is 66.8 Å². The summed E-state index contributed by atoms with van der Waals surface area (Å²) in [5, 5.41) is 19.4. The molecule has 0 aliphatic rings. The van der Waals surface area contributed by atoms with Gasteiger partial charge < -0.3 is 10.2 Å². The smallest absolute Gasteiger partial charge is 0.190 e. The van der Waals surface area contributed by atoms with Crippen LogP contribution in [0.25, 0.3) is 5.57 Å². The van der Waals surface area contributed by atoms with Crippen LogP contribution in [-0.2, 0) is 0 Å². The van der Waals surface area contributed by atoms with Gasteiger partial charge in [-0.25, -0.2) is 0 Å². The van der Waals surface area contributed by atoms with Crippen LogP contribution in [0.5, 0.6) is 11.5 Å². The molecule has 0 aliphatic heterocycles. The molecule has 0 atom stereocenters. The molecule has 0 spiro atoms. The second-order valence-electron chi connectivity index (χ2n) is 5.41. The van der Waals surface area contributed by atoms with E-state index in [4.69, 9.17) is 0 Å². The van der Waals surface area contributed by atoms with Crippen molar-refractivity contribution in [2.24, 2.45) is 0 Å². The van der Waals surface area contributed by atoms with Crippen molar-refractivity contribution in [1.29, 1.82) is 0 Å². The van der Waals surface area contributed by atoms with Gasteiger partial charge >= 0.3 is 0 Å². The Hall–Kier alpha value is -2.55. The van der Waals surface area contributed by atoms with Crippen LogP contribution in [0.15, 0.2) is 42.5 Å². The lowest BCUT2D eigenvalue weighted by atomic mass is 9.96. The highest BCUT2D eigenvalue weighted by Gasteiger charge is 2.14. The number of rotatable bonds is 4. The number of phenolic OH excluding ortho intramolecular Hbond substituents is 2. The zero-order valence-corrected chi connectivity index (χ0v) is 13.1. The second-order valence-corrected chi connectivity index (χ2v) is 5.41. The van der Waals surface area contributed by atoms with E-state index in [2.05, 4.69) is 0 Å². The predicted octanol–water partition coefficient (Wildman–Crippen LogP) is 4.39. The van der Waals surface area contributed by atoms with E-state index in [9.17, 15) is 15.0 Å². The molecule has 0 unspecified atom stereocenters. The molecule has 0 saturated heterocycles. The Kier molecular flexibility index (Phi) is 4.66. The first-order valence-corrected chi connectivity index (χ1v) is 7.27. The van der Waals surface area contributed by atoms with Gasteiger partial charge in [0.05, 0.1) is 5.56 Å². The van der Waals surface area contributed by atoms with Crippen LogP contribution in [0.2, 0.25) is 0 Å². The van der Waals surface area contributed by atoms with Gasteiger partial charge in [-0.15, -0.1) is 0 Å². The zero-order chi connectivity index (χ0) is 16.3. The van der Waals surface area contributed by atoms with Crippen LogP contribution in [0.3, 0.4) is 0 Å². The van der Waals surface area contributed by atoms with Gasteiger partial charge in [-0.3, -0.25) is 4.79 Å². The van der Waals surface area contributed by atoms with Crippen LogP contribution in [0, 0.1) is 13.8 Å². The highest BCUT2D eigenvalue weighted by molar-refractivity contribution is 6.11. The lowest BCUT2D eigenvalue weighted by Gasteiger charge is -2.09. The first kappa shape index (κ1) is 15.8. The van der Waals surface area contributed by atoms with E-state index in [1.807, 2.05) is 26.8 Å². The first-order valence-electron chi connectivity index (χ1n) is 7.27. The summed E-state index contributed by atoms with van der Waals surface area (Å²) in [7, 11) is 0. The lowest BCUT2D eigenvalue weighted by Crippen LogP contribution is -2.01. The highest BCUT2D eigenvalue weighted by Crippen LogP contribution is 2.26. The molecule has 2 aromatic rings. The van der Waals surface area contributed by atoms with Crippen LogP contribution in [0.4, 0.5) is 0 Å². The minimum Gasteiger partial charge on any atom is -0.508 e. The summed E-state index contributed by atoms with van der Waals surface area (Å²) in [5.74, 6) is -0.00242. The minimum absolute atomic E-state index is 0.0138.